The predicted molar refractivity (Wildman–Crippen MR) is 493 cm³/mol. The Balaban J connectivity index is 0.000000137. The molecule has 14 heteroatoms. The Labute approximate surface area is 692 Å². The van der Waals surface area contributed by atoms with Gasteiger partial charge in [0.15, 0.2) is 23.3 Å². The molecule has 0 atom stereocenters. The minimum absolute atomic E-state index is 0. The molecule has 6 heterocycles. The second-order valence-corrected chi connectivity index (χ2v) is 29.5. The molecular formula is C104H75BBrN10O2-3. The van der Waals surface area contributed by atoms with Crippen molar-refractivity contribution in [3.8, 4) is 102 Å². The summed E-state index contributed by atoms with van der Waals surface area (Å²) in [5, 5.41) is 28.3. The topological polar surface area (TPSA) is 138 Å². The van der Waals surface area contributed by atoms with E-state index in [0.717, 1.165) is 115 Å². The summed E-state index contributed by atoms with van der Waals surface area (Å²) in [4.78, 5) is 29.8. The van der Waals surface area contributed by atoms with E-state index in [9.17, 15) is 10.0 Å². The van der Waals surface area contributed by atoms with Crippen LogP contribution < -0.4 is 5.46 Å². The van der Waals surface area contributed by atoms with E-state index in [0.29, 0.717) is 40.7 Å². The van der Waals surface area contributed by atoms with Gasteiger partial charge in [-0.15, -0.1) is 0 Å². The summed E-state index contributed by atoms with van der Waals surface area (Å²) in [6.07, 6.45) is 0. The third-order valence-corrected chi connectivity index (χ3v) is 22.0. The number of rotatable bonds is 12. The lowest BCUT2D eigenvalue weighted by atomic mass is 9.80. The van der Waals surface area contributed by atoms with Crippen LogP contribution in [0.3, 0.4) is 0 Å². The summed E-state index contributed by atoms with van der Waals surface area (Å²) >= 11 is 3.62. The van der Waals surface area contributed by atoms with Crippen LogP contribution in [0.1, 0.15) is 1.43 Å². The van der Waals surface area contributed by atoms with Crippen molar-refractivity contribution in [2.75, 3.05) is 0 Å². The molecule has 12 nitrogen and oxygen atoms in total. The molecule has 0 saturated carbocycles. The van der Waals surface area contributed by atoms with Crippen molar-refractivity contribution >= 4 is 116 Å². The zero-order valence-corrected chi connectivity index (χ0v) is 66.0. The van der Waals surface area contributed by atoms with E-state index in [1.54, 1.807) is 6.07 Å². The van der Waals surface area contributed by atoms with Crippen molar-refractivity contribution in [1.82, 2.24) is 48.2 Å². The monoisotopic (exact) mass is 1590 g/mol. The summed E-state index contributed by atoms with van der Waals surface area (Å²) in [5.74, 6) is 3.76. The van der Waals surface area contributed by atoms with Crippen LogP contribution in [0.2, 0.25) is 0 Å². The molecule has 566 valence electrons. The molecule has 0 bridgehead atoms. The molecule has 0 unspecified atom stereocenters. The molecule has 2 N–H and O–H groups in total. The van der Waals surface area contributed by atoms with Gasteiger partial charge >= 0.3 is 7.12 Å². The number of hydrogen-bond donors (Lipinski definition) is 2. The van der Waals surface area contributed by atoms with Crippen molar-refractivity contribution < 1.29 is 11.5 Å². The van der Waals surface area contributed by atoms with Crippen LogP contribution in [0, 0.1) is 14.9 Å². The lowest BCUT2D eigenvalue weighted by Gasteiger charge is -2.11. The third kappa shape index (κ3) is 14.0. The molecule has 6 aromatic heterocycles. The molecule has 0 radical (unpaired) electrons. The molecule has 0 saturated heterocycles. The quantitative estimate of drug-likeness (QED) is 0.0911. The van der Waals surface area contributed by atoms with E-state index in [1.807, 2.05) is 170 Å². The second-order valence-electron chi connectivity index (χ2n) is 28.5. The van der Waals surface area contributed by atoms with Crippen molar-refractivity contribution in [3.63, 3.8) is 0 Å². The molecule has 16 aromatic carbocycles. The Hall–Kier alpha value is -14.8. The molecule has 0 aliphatic carbocycles. The average Bonchev–Trinajstić information content (AvgIpc) is 1.62. The molecule has 0 fully saturated rings. The minimum Gasteiger partial charge on any atom is -1.00 e. The van der Waals surface area contributed by atoms with Crippen molar-refractivity contribution in [3.05, 3.63) is 420 Å². The van der Waals surface area contributed by atoms with Gasteiger partial charge in [-0.3, -0.25) is 9.13 Å². The Morgan fingerprint density at radius 2 is 0.458 bits per heavy atom. The number of hydrogen-bond acceptors (Lipinski definition) is 8. The maximum Gasteiger partial charge on any atom is 0.488 e. The van der Waals surface area contributed by atoms with Crippen LogP contribution in [-0.4, -0.2) is 65.3 Å². The third-order valence-electron chi connectivity index (χ3n) is 21.5. The first kappa shape index (κ1) is 74.6. The first-order chi connectivity index (χ1) is 57.3. The molecule has 0 amide bonds. The van der Waals surface area contributed by atoms with Crippen LogP contribution in [0.25, 0.3) is 189 Å². The van der Waals surface area contributed by atoms with E-state index < -0.39 is 7.12 Å². The van der Waals surface area contributed by atoms with E-state index in [4.69, 9.17) is 29.9 Å². The molecule has 0 spiro atoms. The Bertz CT molecular complexity index is 7300. The molecular weight excluding hydrogens is 1510 g/mol. The van der Waals surface area contributed by atoms with Crippen molar-refractivity contribution in [2.24, 2.45) is 0 Å². The van der Waals surface area contributed by atoms with Crippen LogP contribution in [-0.2, 0) is 0 Å². The fourth-order valence-electron chi connectivity index (χ4n) is 16.1. The zero-order chi connectivity index (χ0) is 77.6. The Morgan fingerprint density at radius 1 is 0.212 bits per heavy atom. The van der Waals surface area contributed by atoms with Gasteiger partial charge in [-0.2, -0.15) is 19.9 Å². The van der Waals surface area contributed by atoms with E-state index in [2.05, 4.69) is 259 Å². The average molecular weight is 1590 g/mol. The summed E-state index contributed by atoms with van der Waals surface area (Å²) in [7, 11) is -1.48. The zero-order valence-electron chi connectivity index (χ0n) is 65.4. The van der Waals surface area contributed by atoms with Gasteiger partial charge in [-0.1, -0.05) is 319 Å². The van der Waals surface area contributed by atoms with Crippen molar-refractivity contribution in [2.45, 2.75) is 0 Å². The van der Waals surface area contributed by atoms with Crippen LogP contribution >= 0.6 is 15.9 Å². The summed E-state index contributed by atoms with van der Waals surface area (Å²) in [6.45, 7) is 0. The normalized spacial score (nSPS) is 11.2. The van der Waals surface area contributed by atoms with Gasteiger partial charge in [0.25, 0.3) is 0 Å². The fourth-order valence-corrected chi connectivity index (χ4v) is 16.4. The first-order valence-electron chi connectivity index (χ1n) is 38.5. The Kier molecular flexibility index (Phi) is 20.4. The number of benzene rings is 16. The predicted octanol–water partition coefficient (Wildman–Crippen LogP) is 24.9. The fraction of sp³-hybridized carbons (Fsp3) is 0. The molecule has 0 aliphatic heterocycles. The molecule has 22 rings (SSSR count). The van der Waals surface area contributed by atoms with Crippen molar-refractivity contribution in [1.29, 1.82) is 0 Å². The highest BCUT2D eigenvalue weighted by atomic mass is 79.9. The SMILES string of the molecule is Brc1ccc2c(c1)c1ccccc1n2-c1nc(-c2ccccc2)nc(-c2ccccc2)n1.OB(O)c1ccc2c(c1)c1ccccc1n2-c1ccc(-c2ccccc2)cc1.[3H-].[CH3-].[CH3-].c1ccc(-c2ccc(-n3c4ccccc4c4cc(-c5ccc6c(c5)c5ccccc5n6-c5nc(-c6ccccc6)nc(-c6ccccc6)n5)ccc43)cc2)cc1. The highest BCUT2D eigenvalue weighted by molar-refractivity contribution is 9.10. The maximum absolute atomic E-state index is 9.57. The smallest absolute Gasteiger partial charge is 0.488 e. The second kappa shape index (κ2) is 32.2. The van der Waals surface area contributed by atoms with Gasteiger partial charge in [0.1, 0.15) is 0 Å². The van der Waals surface area contributed by atoms with Crippen LogP contribution in [0.15, 0.2) is 405 Å². The number of nitrogens with zero attached hydrogens (tertiary/aromatic N) is 10. The number of aromatic nitrogens is 10. The minimum atomic E-state index is -1.48. The number of para-hydroxylation sites is 4. The first-order valence-corrected chi connectivity index (χ1v) is 39.3. The molecule has 0 aliphatic rings. The lowest BCUT2D eigenvalue weighted by molar-refractivity contribution is 0.426. The summed E-state index contributed by atoms with van der Waals surface area (Å²) in [5.41, 5.74) is 22.3. The Morgan fingerprint density at radius 3 is 0.797 bits per heavy atom. The van der Waals surface area contributed by atoms with Gasteiger partial charge in [-0.25, -0.2) is 9.97 Å². The van der Waals surface area contributed by atoms with Gasteiger partial charge in [0.05, 0.1) is 44.1 Å². The summed E-state index contributed by atoms with van der Waals surface area (Å²) in [6, 6.07) is 138. The number of fused-ring (bicyclic) bond motifs is 12. The highest BCUT2D eigenvalue weighted by Crippen LogP contribution is 2.41. The standard InChI is InChI=1S/C51H33N5.C27H17BrN4.C24H18BNO2.2CH3.H/c1-4-14-34(15-5-1)35-24-28-40(29-25-35)55-45-22-12-10-20-41(45)43-32-38(26-30-47(43)55)39-27-31-48-44(33-39)42-21-11-13-23-46(42)56(48)51-53-49(36-16-6-2-7-17-36)52-50(54-51)37-18-8-3-9-19-37;28-20-15-16-24-22(17-20)21-13-7-8-14-23(21)32(24)27-30-25(18-9-3-1-4-10-18)29-26(31-27)19-11-5-2-6-12-19;27-25(28)19-12-15-24-22(16-19)21-8-4-5-9-23(21)26(24)20-13-10-18(11-14-20)17-6-2-1-3-7-17;;;/h1-33H;1-17H;1-16,27-28H;2*1H3;/q;;;3*-1/i;;;;;1+2. The lowest BCUT2D eigenvalue weighted by Crippen LogP contribution is -2.29. The van der Waals surface area contributed by atoms with Gasteiger partial charge < -0.3 is 35.5 Å². The highest BCUT2D eigenvalue weighted by Gasteiger charge is 2.23. The summed E-state index contributed by atoms with van der Waals surface area (Å²) < 4.78 is 9.93. The van der Waals surface area contributed by atoms with Crippen LogP contribution in [0.4, 0.5) is 0 Å². The van der Waals surface area contributed by atoms with Gasteiger partial charge in [-0.05, 0) is 136 Å². The van der Waals surface area contributed by atoms with E-state index in [1.165, 1.54) is 44.1 Å². The maximum atomic E-state index is 9.57. The molecule has 118 heavy (non-hydrogen) atoms. The molecule has 22 aromatic rings. The van der Waals surface area contributed by atoms with E-state index in [-0.39, 0.29) is 16.3 Å². The van der Waals surface area contributed by atoms with E-state index >= 15 is 0 Å². The van der Waals surface area contributed by atoms with Crippen LogP contribution in [0.5, 0.6) is 0 Å². The number of halogens is 1. The van der Waals surface area contributed by atoms with Gasteiger partial charge in [0.2, 0.25) is 11.9 Å². The largest absolute Gasteiger partial charge is 1.00 e. The van der Waals surface area contributed by atoms with Gasteiger partial charge in [0, 0.05) is 81.2 Å².